The Kier molecular flexibility index (Phi) is 5.94. The van der Waals surface area contributed by atoms with Gasteiger partial charge in [-0.25, -0.2) is 4.79 Å². The Hall–Kier alpha value is -2.28. The van der Waals surface area contributed by atoms with E-state index in [2.05, 4.69) is 39.4 Å². The molecule has 3 aromatic rings. The van der Waals surface area contributed by atoms with Crippen LogP contribution in [0.3, 0.4) is 0 Å². The standard InChI is InChI=1S/C22H25ClN4OS/c1-3-26-11-8-16-17(21(29-20(16)14-26)27-9-4-5-10-27)13-24-22(28)25-19-7-6-15(2)12-18(19)23/h4-7,9-10,12H,3,8,11,13-14H2,1-2H3,(H2,24,25,28). The molecule has 7 heteroatoms. The molecule has 5 nitrogen and oxygen atoms in total. The van der Waals surface area contributed by atoms with Gasteiger partial charge in [-0.3, -0.25) is 4.90 Å². The van der Waals surface area contributed by atoms with E-state index in [1.807, 2.05) is 48.6 Å². The third-order valence-electron chi connectivity index (χ3n) is 5.31. The number of rotatable bonds is 5. The quantitative estimate of drug-likeness (QED) is 0.586. The van der Waals surface area contributed by atoms with Crippen LogP contribution in [-0.4, -0.2) is 28.6 Å². The van der Waals surface area contributed by atoms with Crippen molar-refractivity contribution in [1.82, 2.24) is 14.8 Å². The molecule has 0 aliphatic carbocycles. The van der Waals surface area contributed by atoms with Gasteiger partial charge < -0.3 is 15.2 Å². The number of nitrogens with one attached hydrogen (secondary N) is 2. The van der Waals surface area contributed by atoms with Gasteiger partial charge in [-0.15, -0.1) is 11.3 Å². The number of aromatic nitrogens is 1. The first kappa shape index (κ1) is 20.0. The fourth-order valence-corrected chi connectivity index (χ4v) is 5.35. The topological polar surface area (TPSA) is 49.3 Å². The molecule has 152 valence electrons. The van der Waals surface area contributed by atoms with E-state index in [4.69, 9.17) is 11.6 Å². The summed E-state index contributed by atoms with van der Waals surface area (Å²) in [7, 11) is 0. The van der Waals surface area contributed by atoms with Crippen LogP contribution >= 0.6 is 22.9 Å². The number of hydrogen-bond donors (Lipinski definition) is 2. The molecule has 2 aromatic heterocycles. The number of carbonyl (C=O) groups excluding carboxylic acids is 1. The Morgan fingerprint density at radius 2 is 2.07 bits per heavy atom. The zero-order valence-electron chi connectivity index (χ0n) is 16.7. The number of nitrogens with zero attached hydrogens (tertiary/aromatic N) is 2. The molecule has 2 N–H and O–H groups in total. The lowest BCUT2D eigenvalue weighted by molar-refractivity contribution is 0.251. The van der Waals surface area contributed by atoms with Crippen molar-refractivity contribution in [2.75, 3.05) is 18.4 Å². The number of aryl methyl sites for hydroxylation is 1. The van der Waals surface area contributed by atoms with Crippen LogP contribution in [0.1, 0.15) is 28.5 Å². The summed E-state index contributed by atoms with van der Waals surface area (Å²) in [5.41, 5.74) is 4.27. The van der Waals surface area contributed by atoms with Crippen molar-refractivity contribution in [2.24, 2.45) is 0 Å². The lowest BCUT2D eigenvalue weighted by Crippen LogP contribution is -2.31. The predicted octanol–water partition coefficient (Wildman–Crippen LogP) is 5.20. The van der Waals surface area contributed by atoms with E-state index in [0.29, 0.717) is 17.3 Å². The zero-order chi connectivity index (χ0) is 20.4. The minimum atomic E-state index is -0.250. The van der Waals surface area contributed by atoms with Crippen molar-refractivity contribution in [1.29, 1.82) is 0 Å². The maximum Gasteiger partial charge on any atom is 0.319 e. The molecule has 1 aliphatic heterocycles. The molecular formula is C22H25ClN4OS. The molecule has 2 amide bonds. The van der Waals surface area contributed by atoms with Gasteiger partial charge in [0.2, 0.25) is 0 Å². The van der Waals surface area contributed by atoms with Gasteiger partial charge in [0, 0.05) is 42.5 Å². The highest BCUT2D eigenvalue weighted by Gasteiger charge is 2.24. The summed E-state index contributed by atoms with van der Waals surface area (Å²) in [6.45, 7) is 7.76. The Bertz CT molecular complexity index is 1010. The minimum absolute atomic E-state index is 0.250. The molecule has 3 heterocycles. The number of halogens is 1. The Labute approximate surface area is 180 Å². The first-order valence-corrected chi connectivity index (χ1v) is 11.0. The number of fused-ring (bicyclic) bond motifs is 1. The van der Waals surface area contributed by atoms with Gasteiger partial charge in [-0.05, 0) is 55.3 Å². The number of benzene rings is 1. The lowest BCUT2D eigenvalue weighted by atomic mass is 10.0. The number of hydrogen-bond acceptors (Lipinski definition) is 3. The van der Waals surface area contributed by atoms with Gasteiger partial charge in [-0.1, -0.05) is 24.6 Å². The van der Waals surface area contributed by atoms with Gasteiger partial charge in [0.05, 0.1) is 10.7 Å². The third-order valence-corrected chi connectivity index (χ3v) is 6.89. The van der Waals surface area contributed by atoms with E-state index in [1.165, 1.54) is 21.0 Å². The summed E-state index contributed by atoms with van der Waals surface area (Å²) >= 11 is 8.07. The van der Waals surface area contributed by atoms with Gasteiger partial charge in [0.1, 0.15) is 5.00 Å². The van der Waals surface area contributed by atoms with Gasteiger partial charge in [0.15, 0.2) is 0 Å². The van der Waals surface area contributed by atoms with Crippen molar-refractivity contribution in [2.45, 2.75) is 33.4 Å². The van der Waals surface area contributed by atoms with Crippen molar-refractivity contribution < 1.29 is 4.79 Å². The number of amides is 2. The highest BCUT2D eigenvalue weighted by Crippen LogP contribution is 2.36. The van der Waals surface area contributed by atoms with Gasteiger partial charge >= 0.3 is 6.03 Å². The molecule has 0 radical (unpaired) electrons. The molecule has 1 aromatic carbocycles. The third kappa shape index (κ3) is 4.34. The summed E-state index contributed by atoms with van der Waals surface area (Å²) in [5, 5.41) is 7.61. The predicted molar refractivity (Wildman–Crippen MR) is 120 cm³/mol. The molecule has 29 heavy (non-hydrogen) atoms. The SMILES string of the molecule is CCN1CCc2c(sc(-n3cccc3)c2CNC(=O)Nc2ccc(C)cc2Cl)C1. The summed E-state index contributed by atoms with van der Waals surface area (Å²) in [6.07, 6.45) is 5.14. The number of likely N-dealkylation sites (N-methyl/N-ethyl adjacent to an activating group) is 1. The van der Waals surface area contributed by atoms with Crippen LogP contribution < -0.4 is 10.6 Å². The van der Waals surface area contributed by atoms with E-state index in [-0.39, 0.29) is 6.03 Å². The second-order valence-corrected chi connectivity index (χ2v) is 8.78. The number of thiophene rings is 1. The van der Waals surface area contributed by atoms with Crippen LogP contribution in [0.15, 0.2) is 42.7 Å². The Morgan fingerprint density at radius 3 is 2.79 bits per heavy atom. The molecular weight excluding hydrogens is 404 g/mol. The second-order valence-electron chi connectivity index (χ2n) is 7.29. The largest absolute Gasteiger partial charge is 0.334 e. The normalized spacial score (nSPS) is 13.9. The van der Waals surface area contributed by atoms with E-state index in [1.54, 1.807) is 0 Å². The Morgan fingerprint density at radius 1 is 1.28 bits per heavy atom. The van der Waals surface area contributed by atoms with E-state index >= 15 is 0 Å². The van der Waals surface area contributed by atoms with Crippen LogP contribution in [0.4, 0.5) is 10.5 Å². The van der Waals surface area contributed by atoms with E-state index in [0.717, 1.165) is 31.6 Å². The van der Waals surface area contributed by atoms with Crippen LogP contribution in [0, 0.1) is 6.92 Å². The molecule has 0 bridgehead atoms. The van der Waals surface area contributed by atoms with Gasteiger partial charge in [0.25, 0.3) is 0 Å². The van der Waals surface area contributed by atoms with E-state index < -0.39 is 0 Å². The second kappa shape index (κ2) is 8.61. The monoisotopic (exact) mass is 428 g/mol. The summed E-state index contributed by atoms with van der Waals surface area (Å²) < 4.78 is 2.14. The van der Waals surface area contributed by atoms with Crippen LogP contribution in [0.25, 0.3) is 5.00 Å². The van der Waals surface area contributed by atoms with Crippen LogP contribution in [-0.2, 0) is 19.5 Å². The van der Waals surface area contributed by atoms with E-state index in [9.17, 15) is 4.79 Å². The highest BCUT2D eigenvalue weighted by atomic mass is 35.5. The molecule has 0 spiro atoms. The molecule has 0 saturated heterocycles. The fraction of sp³-hybridized carbons (Fsp3) is 0.318. The maximum atomic E-state index is 12.5. The maximum absolute atomic E-state index is 12.5. The van der Waals surface area contributed by atoms with Crippen molar-refractivity contribution in [3.63, 3.8) is 0 Å². The fourth-order valence-electron chi connectivity index (χ4n) is 3.69. The highest BCUT2D eigenvalue weighted by molar-refractivity contribution is 7.14. The molecule has 1 aliphatic rings. The average Bonchev–Trinajstić information content (AvgIpc) is 3.35. The van der Waals surface area contributed by atoms with Crippen molar-refractivity contribution >= 4 is 34.7 Å². The molecule has 0 saturated carbocycles. The molecule has 0 atom stereocenters. The first-order chi connectivity index (χ1) is 14.0. The molecule has 0 unspecified atom stereocenters. The summed E-state index contributed by atoms with van der Waals surface area (Å²) in [6, 6.07) is 9.41. The van der Waals surface area contributed by atoms with Crippen molar-refractivity contribution in [3.05, 3.63) is 69.3 Å². The zero-order valence-corrected chi connectivity index (χ0v) is 18.2. The van der Waals surface area contributed by atoms with Crippen LogP contribution in [0.2, 0.25) is 5.02 Å². The number of urea groups is 1. The summed E-state index contributed by atoms with van der Waals surface area (Å²) in [4.78, 5) is 16.4. The summed E-state index contributed by atoms with van der Waals surface area (Å²) in [5.74, 6) is 0. The van der Waals surface area contributed by atoms with Crippen molar-refractivity contribution in [3.8, 4) is 5.00 Å². The Balaban J connectivity index is 1.53. The average molecular weight is 429 g/mol. The first-order valence-electron chi connectivity index (χ1n) is 9.85. The van der Waals surface area contributed by atoms with Gasteiger partial charge in [-0.2, -0.15) is 0 Å². The van der Waals surface area contributed by atoms with Crippen LogP contribution in [0.5, 0.6) is 0 Å². The molecule has 4 rings (SSSR count). The number of carbonyl (C=O) groups is 1. The number of anilines is 1. The lowest BCUT2D eigenvalue weighted by Gasteiger charge is -2.25. The minimum Gasteiger partial charge on any atom is -0.334 e. The smallest absolute Gasteiger partial charge is 0.319 e. The molecule has 0 fully saturated rings.